The van der Waals surface area contributed by atoms with Crippen LogP contribution in [-0.4, -0.2) is 21.6 Å². The summed E-state index contributed by atoms with van der Waals surface area (Å²) in [5.74, 6) is 0.784. The molecule has 2 heterocycles. The zero-order valence-corrected chi connectivity index (χ0v) is 14.6. The van der Waals surface area contributed by atoms with Gasteiger partial charge in [-0.05, 0) is 41.5 Å². The van der Waals surface area contributed by atoms with E-state index in [2.05, 4.69) is 16.0 Å². The summed E-state index contributed by atoms with van der Waals surface area (Å²) < 4.78 is 6.84. The highest BCUT2D eigenvalue weighted by molar-refractivity contribution is 5.78. The van der Waals surface area contributed by atoms with Crippen LogP contribution in [0.25, 0.3) is 22.3 Å². The monoisotopic (exact) mass is 356 g/mol. The second kappa shape index (κ2) is 6.81. The number of rotatable bonds is 4. The van der Waals surface area contributed by atoms with E-state index in [9.17, 15) is 4.79 Å². The summed E-state index contributed by atoms with van der Waals surface area (Å²) in [4.78, 5) is 19.6. The molecule has 2 aromatic heterocycles. The maximum Gasteiger partial charge on any atom is 0.327 e. The van der Waals surface area contributed by atoms with Gasteiger partial charge in [0.25, 0.3) is 0 Å². The van der Waals surface area contributed by atoms with Crippen molar-refractivity contribution in [3.8, 4) is 22.9 Å². The van der Waals surface area contributed by atoms with Crippen LogP contribution < -0.4 is 10.4 Å². The molecule has 6 heteroatoms. The van der Waals surface area contributed by atoms with Gasteiger partial charge in [0.05, 0.1) is 30.8 Å². The number of hydrogen-bond acceptors (Lipinski definition) is 4. The highest BCUT2D eigenvalue weighted by atomic mass is 16.5. The van der Waals surface area contributed by atoms with E-state index in [0.29, 0.717) is 17.8 Å². The number of methoxy groups -OCH3 is 1. The van der Waals surface area contributed by atoms with Crippen molar-refractivity contribution in [2.24, 2.45) is 0 Å². The second-order valence-corrected chi connectivity index (χ2v) is 6.15. The molecule has 0 radical (unpaired) electrons. The molecule has 27 heavy (non-hydrogen) atoms. The van der Waals surface area contributed by atoms with Crippen molar-refractivity contribution in [1.29, 1.82) is 5.26 Å². The minimum atomic E-state index is -0.214. The lowest BCUT2D eigenvalue weighted by atomic mass is 10.1. The van der Waals surface area contributed by atoms with E-state index < -0.39 is 0 Å². The lowest BCUT2D eigenvalue weighted by Gasteiger charge is -2.06. The van der Waals surface area contributed by atoms with Crippen LogP contribution in [0.15, 0.2) is 65.6 Å². The van der Waals surface area contributed by atoms with Crippen LogP contribution >= 0.6 is 0 Å². The minimum Gasteiger partial charge on any atom is -0.497 e. The third-order valence-electron chi connectivity index (χ3n) is 4.48. The van der Waals surface area contributed by atoms with Crippen LogP contribution in [0.3, 0.4) is 0 Å². The molecule has 1 N–H and O–H groups in total. The highest BCUT2D eigenvalue weighted by Crippen LogP contribution is 2.24. The van der Waals surface area contributed by atoms with Gasteiger partial charge in [0.15, 0.2) is 5.65 Å². The molecule has 4 aromatic rings. The standard InChI is InChI=1S/C21H16N4O2/c1-27-18-8-6-16(7-9-18)17-10-19-20(23-12-17)24-21(26)25(19)13-15-4-2-14(11-22)3-5-15/h2-10,12H,13H2,1H3,(H,23,24,26). The Bertz CT molecular complexity index is 1200. The number of H-pyrrole nitrogens is 1. The first-order valence-electron chi connectivity index (χ1n) is 8.40. The number of aromatic nitrogens is 3. The fourth-order valence-electron chi connectivity index (χ4n) is 3.00. The molecule has 0 spiro atoms. The van der Waals surface area contributed by atoms with Crippen molar-refractivity contribution in [1.82, 2.24) is 14.5 Å². The zero-order valence-electron chi connectivity index (χ0n) is 14.6. The molecular formula is C21H16N4O2. The van der Waals surface area contributed by atoms with Gasteiger partial charge in [-0.25, -0.2) is 9.78 Å². The number of ether oxygens (including phenoxy) is 1. The van der Waals surface area contributed by atoms with Gasteiger partial charge in [-0.15, -0.1) is 0 Å². The van der Waals surface area contributed by atoms with E-state index in [1.807, 2.05) is 42.5 Å². The van der Waals surface area contributed by atoms with Gasteiger partial charge in [-0.3, -0.25) is 9.55 Å². The summed E-state index contributed by atoms with van der Waals surface area (Å²) >= 11 is 0. The van der Waals surface area contributed by atoms with Crippen LogP contribution in [0.2, 0.25) is 0 Å². The molecule has 2 aromatic carbocycles. The molecular weight excluding hydrogens is 340 g/mol. The number of imidazole rings is 1. The van der Waals surface area contributed by atoms with E-state index in [1.54, 1.807) is 30.0 Å². The normalized spacial score (nSPS) is 10.7. The Hall–Kier alpha value is -3.85. The third-order valence-corrected chi connectivity index (χ3v) is 4.48. The van der Waals surface area contributed by atoms with Crippen LogP contribution in [0.1, 0.15) is 11.1 Å². The van der Waals surface area contributed by atoms with E-state index in [-0.39, 0.29) is 5.69 Å². The first-order valence-corrected chi connectivity index (χ1v) is 8.40. The first kappa shape index (κ1) is 16.6. The molecule has 0 amide bonds. The Balaban J connectivity index is 1.74. The summed E-state index contributed by atoms with van der Waals surface area (Å²) in [6.07, 6.45) is 1.74. The highest BCUT2D eigenvalue weighted by Gasteiger charge is 2.10. The number of nitriles is 1. The number of benzene rings is 2. The SMILES string of the molecule is COc1ccc(-c2cnc3[nH]c(=O)n(Cc4ccc(C#N)cc4)c3c2)cc1. The van der Waals surface area contributed by atoms with Gasteiger partial charge in [0, 0.05) is 11.8 Å². The molecule has 132 valence electrons. The van der Waals surface area contributed by atoms with E-state index in [4.69, 9.17) is 10.00 Å². The lowest BCUT2D eigenvalue weighted by Crippen LogP contribution is -2.17. The van der Waals surface area contributed by atoms with Gasteiger partial charge >= 0.3 is 5.69 Å². The number of fused-ring (bicyclic) bond motifs is 1. The smallest absolute Gasteiger partial charge is 0.327 e. The van der Waals surface area contributed by atoms with Gasteiger partial charge in [-0.1, -0.05) is 24.3 Å². The predicted molar refractivity (Wildman–Crippen MR) is 103 cm³/mol. The zero-order chi connectivity index (χ0) is 18.8. The third kappa shape index (κ3) is 3.18. The molecule has 0 saturated heterocycles. The molecule has 0 saturated carbocycles. The number of nitrogens with one attached hydrogen (secondary N) is 1. The van der Waals surface area contributed by atoms with Crippen molar-refractivity contribution < 1.29 is 4.74 Å². The molecule has 0 aliphatic heterocycles. The topological polar surface area (TPSA) is 83.7 Å². The van der Waals surface area contributed by atoms with Crippen molar-refractivity contribution in [2.45, 2.75) is 6.54 Å². The lowest BCUT2D eigenvalue weighted by molar-refractivity contribution is 0.415. The molecule has 0 atom stereocenters. The maximum absolute atomic E-state index is 12.4. The fraction of sp³-hybridized carbons (Fsp3) is 0.0952. The Morgan fingerprint density at radius 1 is 1.11 bits per heavy atom. The second-order valence-electron chi connectivity index (χ2n) is 6.15. The van der Waals surface area contributed by atoms with Crippen LogP contribution in [0.4, 0.5) is 0 Å². The number of pyridine rings is 1. The number of hydrogen-bond donors (Lipinski definition) is 1. The maximum atomic E-state index is 12.4. The van der Waals surface area contributed by atoms with Crippen LogP contribution in [0, 0.1) is 11.3 Å². The quantitative estimate of drug-likeness (QED) is 0.608. The first-order chi connectivity index (χ1) is 13.2. The Morgan fingerprint density at radius 3 is 2.52 bits per heavy atom. The number of aromatic amines is 1. The summed E-state index contributed by atoms with van der Waals surface area (Å²) in [5, 5.41) is 8.92. The average Bonchev–Trinajstić information content (AvgIpc) is 3.03. The van der Waals surface area contributed by atoms with Gasteiger partial charge in [-0.2, -0.15) is 5.26 Å². The van der Waals surface area contributed by atoms with Crippen molar-refractivity contribution in [3.05, 3.63) is 82.4 Å². The summed E-state index contributed by atoms with van der Waals surface area (Å²) in [7, 11) is 1.63. The molecule has 0 aliphatic rings. The fourth-order valence-corrected chi connectivity index (χ4v) is 3.00. The Morgan fingerprint density at radius 2 is 1.85 bits per heavy atom. The molecule has 6 nitrogen and oxygen atoms in total. The molecule has 0 aliphatic carbocycles. The van der Waals surface area contributed by atoms with Crippen molar-refractivity contribution in [3.63, 3.8) is 0 Å². The number of nitrogens with zero attached hydrogens (tertiary/aromatic N) is 3. The molecule has 0 bridgehead atoms. The van der Waals surface area contributed by atoms with E-state index in [1.165, 1.54) is 0 Å². The minimum absolute atomic E-state index is 0.214. The largest absolute Gasteiger partial charge is 0.497 e. The summed E-state index contributed by atoms with van der Waals surface area (Å²) in [6, 6.07) is 18.9. The average molecular weight is 356 g/mol. The van der Waals surface area contributed by atoms with E-state index >= 15 is 0 Å². The van der Waals surface area contributed by atoms with Crippen molar-refractivity contribution >= 4 is 11.2 Å². The Kier molecular flexibility index (Phi) is 4.19. The molecule has 4 rings (SSSR count). The van der Waals surface area contributed by atoms with Crippen molar-refractivity contribution in [2.75, 3.05) is 7.11 Å². The van der Waals surface area contributed by atoms with Gasteiger partial charge in [0.2, 0.25) is 0 Å². The Labute approximate surface area is 155 Å². The van der Waals surface area contributed by atoms with Gasteiger partial charge in [0.1, 0.15) is 5.75 Å². The molecule has 0 unspecified atom stereocenters. The van der Waals surface area contributed by atoms with Crippen LogP contribution in [0.5, 0.6) is 5.75 Å². The molecule has 0 fully saturated rings. The summed E-state index contributed by atoms with van der Waals surface area (Å²) in [5.41, 5.74) is 4.50. The van der Waals surface area contributed by atoms with Gasteiger partial charge < -0.3 is 4.74 Å². The summed E-state index contributed by atoms with van der Waals surface area (Å²) in [6.45, 7) is 0.401. The van der Waals surface area contributed by atoms with Crippen LogP contribution in [-0.2, 0) is 6.54 Å². The predicted octanol–water partition coefficient (Wildman–Crippen LogP) is 3.32. The van der Waals surface area contributed by atoms with E-state index in [0.717, 1.165) is 28.0 Å².